The summed E-state index contributed by atoms with van der Waals surface area (Å²) in [6, 6.07) is 0. The van der Waals surface area contributed by atoms with Crippen molar-refractivity contribution < 1.29 is 14.6 Å². The molecule has 0 aliphatic rings. The van der Waals surface area contributed by atoms with Gasteiger partial charge in [0.1, 0.15) is 5.60 Å². The van der Waals surface area contributed by atoms with Gasteiger partial charge in [0.05, 0.1) is 0 Å². The first-order chi connectivity index (χ1) is 4.48. The minimum Gasteiger partial charge on any atom is -0.450 e. The van der Waals surface area contributed by atoms with Crippen LogP contribution in [0.3, 0.4) is 0 Å². The summed E-state index contributed by atoms with van der Waals surface area (Å²) in [5.74, 6) is 0. The van der Waals surface area contributed by atoms with Crippen LogP contribution >= 0.6 is 12.4 Å². The predicted octanol–water partition coefficient (Wildman–Crippen LogP) is 1.23. The molecule has 3 N–H and O–H groups in total. The third kappa shape index (κ3) is 7.42. The number of carbonyl (C=O) groups is 1. The van der Waals surface area contributed by atoms with Crippen molar-refractivity contribution in [2.45, 2.75) is 25.9 Å². The molecule has 0 heterocycles. The van der Waals surface area contributed by atoms with Gasteiger partial charge in [-0.3, -0.25) is 0 Å². The number of rotatable bonds is 3. The van der Waals surface area contributed by atoms with Gasteiger partial charge < -0.3 is 15.6 Å². The highest BCUT2D eigenvalue weighted by molar-refractivity contribution is 5.85. The lowest BCUT2D eigenvalue weighted by Crippen LogP contribution is -2.29. The van der Waals surface area contributed by atoms with Gasteiger partial charge >= 0.3 is 6.16 Å². The van der Waals surface area contributed by atoms with Crippen LogP contribution in [-0.2, 0) is 4.74 Å². The Hall–Kier alpha value is -0.480. The molecule has 0 aliphatic heterocycles. The fourth-order valence-corrected chi connectivity index (χ4v) is 0.635. The zero-order valence-corrected chi connectivity index (χ0v) is 7.48. The highest BCUT2D eigenvalue weighted by atomic mass is 35.5. The van der Waals surface area contributed by atoms with E-state index in [-0.39, 0.29) is 12.4 Å². The molecule has 68 valence electrons. The van der Waals surface area contributed by atoms with Gasteiger partial charge in [-0.05, 0) is 26.8 Å². The van der Waals surface area contributed by atoms with Crippen LogP contribution in [0.4, 0.5) is 4.79 Å². The maximum Gasteiger partial charge on any atom is 0.506 e. The van der Waals surface area contributed by atoms with E-state index in [0.29, 0.717) is 13.0 Å². The van der Waals surface area contributed by atoms with Crippen LogP contribution in [0.2, 0.25) is 0 Å². The fourth-order valence-electron chi connectivity index (χ4n) is 0.635. The molecular formula is C6H14ClNO3. The number of nitrogens with two attached hydrogens (primary N) is 1. The molecular weight excluding hydrogens is 170 g/mol. The van der Waals surface area contributed by atoms with Gasteiger partial charge in [0.15, 0.2) is 0 Å². The van der Waals surface area contributed by atoms with Crippen LogP contribution in [0.15, 0.2) is 0 Å². The van der Waals surface area contributed by atoms with Gasteiger partial charge in [0, 0.05) is 0 Å². The summed E-state index contributed by atoms with van der Waals surface area (Å²) in [4.78, 5) is 10.0. The van der Waals surface area contributed by atoms with Crippen LogP contribution in [0.1, 0.15) is 20.3 Å². The molecule has 0 saturated carbocycles. The van der Waals surface area contributed by atoms with Gasteiger partial charge in [-0.15, -0.1) is 12.4 Å². The molecule has 0 bridgehead atoms. The van der Waals surface area contributed by atoms with Crippen molar-refractivity contribution in [3.05, 3.63) is 0 Å². The minimum atomic E-state index is -1.25. The molecule has 0 aromatic rings. The molecule has 4 nitrogen and oxygen atoms in total. The van der Waals surface area contributed by atoms with E-state index in [4.69, 9.17) is 10.8 Å². The van der Waals surface area contributed by atoms with Crippen molar-refractivity contribution in [2.75, 3.05) is 6.54 Å². The quantitative estimate of drug-likeness (QED) is 0.646. The maximum atomic E-state index is 10.0. The molecule has 0 amide bonds. The molecule has 11 heavy (non-hydrogen) atoms. The van der Waals surface area contributed by atoms with Crippen LogP contribution in [0.25, 0.3) is 0 Å². The average molecular weight is 184 g/mol. The van der Waals surface area contributed by atoms with Crippen molar-refractivity contribution in [2.24, 2.45) is 5.73 Å². The summed E-state index contributed by atoms with van der Waals surface area (Å²) in [5, 5.41) is 8.21. The van der Waals surface area contributed by atoms with Crippen LogP contribution in [-0.4, -0.2) is 23.4 Å². The Balaban J connectivity index is 0. The molecule has 0 aromatic carbocycles. The number of carboxylic acid groups (broad SMARTS) is 1. The first kappa shape index (κ1) is 13.1. The lowest BCUT2D eigenvalue weighted by Gasteiger charge is -2.21. The molecule has 0 fully saturated rings. The van der Waals surface area contributed by atoms with E-state index in [1.807, 2.05) is 0 Å². The number of hydrogen-bond acceptors (Lipinski definition) is 3. The topological polar surface area (TPSA) is 72.5 Å². The van der Waals surface area contributed by atoms with E-state index in [9.17, 15) is 4.79 Å². The van der Waals surface area contributed by atoms with Gasteiger partial charge in [-0.25, -0.2) is 4.79 Å². The summed E-state index contributed by atoms with van der Waals surface area (Å²) < 4.78 is 4.51. The van der Waals surface area contributed by atoms with Crippen LogP contribution < -0.4 is 5.73 Å². The second-order valence-electron chi connectivity index (χ2n) is 2.67. The van der Waals surface area contributed by atoms with Crippen molar-refractivity contribution in [1.82, 2.24) is 0 Å². The Labute approximate surface area is 72.1 Å². The standard InChI is InChI=1S/C6H13NO3.ClH/c1-6(2,3-4-7)10-5(8)9;/h3-4,7H2,1-2H3,(H,8,9);1H. The lowest BCUT2D eigenvalue weighted by atomic mass is 10.1. The van der Waals surface area contributed by atoms with E-state index in [0.717, 1.165) is 0 Å². The van der Waals surface area contributed by atoms with Crippen molar-refractivity contribution >= 4 is 18.6 Å². The molecule has 0 rings (SSSR count). The fraction of sp³-hybridized carbons (Fsp3) is 0.833. The first-order valence-electron chi connectivity index (χ1n) is 3.10. The van der Waals surface area contributed by atoms with Gasteiger partial charge in [-0.2, -0.15) is 0 Å². The van der Waals surface area contributed by atoms with Gasteiger partial charge in [-0.1, -0.05) is 0 Å². The summed E-state index contributed by atoms with van der Waals surface area (Å²) in [7, 11) is 0. The maximum absolute atomic E-state index is 10.0. The van der Waals surface area contributed by atoms with E-state index in [1.165, 1.54) is 0 Å². The Kier molecular flexibility index (Phi) is 6.22. The molecule has 0 atom stereocenters. The third-order valence-corrected chi connectivity index (χ3v) is 1.11. The lowest BCUT2D eigenvalue weighted by molar-refractivity contribution is 0.000578. The number of hydrogen-bond donors (Lipinski definition) is 2. The van der Waals surface area contributed by atoms with E-state index in [1.54, 1.807) is 13.8 Å². The van der Waals surface area contributed by atoms with Crippen molar-refractivity contribution in [3.8, 4) is 0 Å². The Morgan fingerprint density at radius 1 is 1.64 bits per heavy atom. The van der Waals surface area contributed by atoms with Gasteiger partial charge in [0.25, 0.3) is 0 Å². The normalized spacial score (nSPS) is 10.1. The molecule has 5 heteroatoms. The average Bonchev–Trinajstić information content (AvgIpc) is 1.59. The molecule has 0 spiro atoms. The van der Waals surface area contributed by atoms with Crippen LogP contribution in [0, 0.1) is 0 Å². The smallest absolute Gasteiger partial charge is 0.450 e. The summed E-state index contributed by atoms with van der Waals surface area (Å²) in [5.41, 5.74) is 4.57. The minimum absolute atomic E-state index is 0. The zero-order valence-electron chi connectivity index (χ0n) is 6.66. The Morgan fingerprint density at radius 3 is 2.36 bits per heavy atom. The molecule has 0 saturated heterocycles. The third-order valence-electron chi connectivity index (χ3n) is 1.11. The van der Waals surface area contributed by atoms with Gasteiger partial charge in [0.2, 0.25) is 0 Å². The predicted molar refractivity (Wildman–Crippen MR) is 44.1 cm³/mol. The molecule has 0 radical (unpaired) electrons. The highest BCUT2D eigenvalue weighted by Crippen LogP contribution is 2.12. The molecule has 0 aromatic heterocycles. The molecule has 0 aliphatic carbocycles. The second kappa shape index (κ2) is 5.21. The summed E-state index contributed by atoms with van der Waals surface area (Å²) in [6.07, 6.45) is -0.710. The largest absolute Gasteiger partial charge is 0.506 e. The van der Waals surface area contributed by atoms with Crippen molar-refractivity contribution in [1.29, 1.82) is 0 Å². The highest BCUT2D eigenvalue weighted by Gasteiger charge is 2.20. The van der Waals surface area contributed by atoms with Crippen LogP contribution in [0.5, 0.6) is 0 Å². The summed E-state index contributed by atoms with van der Waals surface area (Å²) in [6.45, 7) is 3.81. The summed E-state index contributed by atoms with van der Waals surface area (Å²) >= 11 is 0. The van der Waals surface area contributed by atoms with E-state index in [2.05, 4.69) is 4.74 Å². The van der Waals surface area contributed by atoms with E-state index < -0.39 is 11.8 Å². The second-order valence-corrected chi connectivity index (χ2v) is 2.67. The van der Waals surface area contributed by atoms with Crippen molar-refractivity contribution in [3.63, 3.8) is 0 Å². The first-order valence-corrected chi connectivity index (χ1v) is 3.10. The van der Waals surface area contributed by atoms with E-state index >= 15 is 0 Å². The number of ether oxygens (including phenoxy) is 1. The number of halogens is 1. The monoisotopic (exact) mass is 183 g/mol. The Bertz CT molecular complexity index is 127. The SMILES string of the molecule is CC(C)(CCN)OC(=O)O.Cl. The zero-order chi connectivity index (χ0) is 8.20. The Morgan fingerprint density at radius 2 is 2.09 bits per heavy atom. The molecule has 0 unspecified atom stereocenters.